The van der Waals surface area contributed by atoms with Crippen molar-refractivity contribution in [2.24, 2.45) is 0 Å². The largest absolute Gasteiger partial charge is 0.472 e. The molecule has 10 heteroatoms. The maximum Gasteiger partial charge on any atom is 0.472 e. The lowest BCUT2D eigenvalue weighted by Crippen LogP contribution is -2.47. The van der Waals surface area contributed by atoms with Crippen LogP contribution in [0.1, 0.15) is 284 Å². The molecular weight excluding hydrogens is 892 g/mol. The molecule has 0 spiro atoms. The number of allylic oxidation sites excluding steroid dienone is 5. The summed E-state index contributed by atoms with van der Waals surface area (Å²) in [6.45, 7) is 6.99. The summed E-state index contributed by atoms with van der Waals surface area (Å²) >= 11 is 0. The molecule has 0 fully saturated rings. The number of hydrogen-bond donors (Lipinski definition) is 2. The summed E-state index contributed by atoms with van der Waals surface area (Å²) in [6.07, 6.45) is 60.1. The number of phosphoric ester groups is 1. The summed E-state index contributed by atoms with van der Waals surface area (Å²) < 4.78 is 30.6. The van der Waals surface area contributed by atoms with E-state index in [4.69, 9.17) is 13.8 Å². The molecule has 0 rings (SSSR count). The number of ether oxygens (including phenoxy) is 1. The Balaban J connectivity index is 5.30. The van der Waals surface area contributed by atoms with Gasteiger partial charge in [0, 0.05) is 12.8 Å². The minimum Gasteiger partial charge on any atom is -0.456 e. The summed E-state index contributed by atoms with van der Waals surface area (Å²) in [7, 11) is 1.48. The Kier molecular flexibility index (Phi) is 49.5. The molecule has 2 N–H and O–H groups in total. The molecule has 412 valence electrons. The number of likely N-dealkylation sites (N-methyl/N-ethyl adjacent to an activating group) is 1. The van der Waals surface area contributed by atoms with E-state index in [0.717, 1.165) is 51.4 Å². The van der Waals surface area contributed by atoms with E-state index in [-0.39, 0.29) is 31.5 Å². The number of rotatable bonds is 54. The van der Waals surface area contributed by atoms with Gasteiger partial charge in [-0.05, 0) is 51.0 Å². The van der Waals surface area contributed by atoms with Crippen molar-refractivity contribution in [1.29, 1.82) is 0 Å². The molecule has 0 saturated heterocycles. The first kappa shape index (κ1) is 68.2. The molecule has 9 nitrogen and oxygen atoms in total. The molecular formula is C60H116N2O7P+. The van der Waals surface area contributed by atoms with Gasteiger partial charge in [-0.15, -0.1) is 0 Å². The fourth-order valence-electron chi connectivity index (χ4n) is 8.70. The van der Waals surface area contributed by atoms with E-state index in [1.165, 1.54) is 193 Å². The number of nitrogens with one attached hydrogen (secondary N) is 1. The second kappa shape index (κ2) is 50.7. The van der Waals surface area contributed by atoms with Crippen LogP contribution in [0.15, 0.2) is 36.5 Å². The van der Waals surface area contributed by atoms with E-state index in [1.807, 2.05) is 39.4 Å². The first-order valence-electron chi connectivity index (χ1n) is 29.8. The molecule has 0 aliphatic rings. The highest BCUT2D eigenvalue weighted by Gasteiger charge is 2.30. The van der Waals surface area contributed by atoms with Crippen molar-refractivity contribution >= 4 is 19.7 Å². The number of amides is 1. The lowest BCUT2D eigenvalue weighted by Gasteiger charge is -2.27. The van der Waals surface area contributed by atoms with Gasteiger partial charge in [-0.3, -0.25) is 18.6 Å². The zero-order valence-corrected chi connectivity index (χ0v) is 47.9. The average molecular weight is 1010 g/mol. The number of quaternary nitrogens is 1. The Bertz CT molecular complexity index is 1300. The molecule has 70 heavy (non-hydrogen) atoms. The summed E-state index contributed by atoms with van der Waals surface area (Å²) in [6, 6.07) is -0.865. The molecule has 0 saturated carbocycles. The van der Waals surface area contributed by atoms with Gasteiger partial charge in [0.1, 0.15) is 19.3 Å². The smallest absolute Gasteiger partial charge is 0.456 e. The quantitative estimate of drug-likeness (QED) is 0.0205. The third kappa shape index (κ3) is 51.1. The second-order valence-electron chi connectivity index (χ2n) is 21.5. The van der Waals surface area contributed by atoms with Crippen LogP contribution in [0.4, 0.5) is 0 Å². The fourth-order valence-corrected chi connectivity index (χ4v) is 9.44. The number of phosphoric acid groups is 1. The number of unbranched alkanes of at least 4 members (excludes halogenated alkanes) is 34. The van der Waals surface area contributed by atoms with E-state index < -0.39 is 20.0 Å². The van der Waals surface area contributed by atoms with Crippen LogP contribution in [-0.4, -0.2) is 74.3 Å². The normalized spacial score (nSPS) is 14.0. The van der Waals surface area contributed by atoms with Crippen LogP contribution in [0.5, 0.6) is 0 Å². The highest BCUT2D eigenvalue weighted by molar-refractivity contribution is 7.47. The summed E-state index contributed by atoms with van der Waals surface area (Å²) in [5, 5.41) is 3.04. The number of nitrogens with zero attached hydrogens (tertiary/aromatic N) is 1. The Labute approximate surface area is 434 Å². The minimum absolute atomic E-state index is 0.0350. The fraction of sp³-hybridized carbons (Fsp3) is 0.867. The van der Waals surface area contributed by atoms with Gasteiger partial charge < -0.3 is 19.4 Å². The molecule has 0 radical (unpaired) electrons. The standard InChI is InChI=1S/C60H115N2O7P/c1-7-10-13-16-19-22-25-28-29-30-31-32-33-35-37-40-43-46-49-52-59(63)61-57(56-68-70(65,66)67-55-54-62(4,5)6)58(51-48-45-42-39-36-27-24-21-18-15-12-9-3)69-60(64)53-50-47-44-41-38-34-26-23-20-17-14-11-8-2/h34,38,44,47-48,51,57-58H,7-33,35-37,39-43,45-46,49-50,52-56H2,1-6H3,(H-,61,63,65,66)/p+1/b38-34-,47-44+,51-48+. The van der Waals surface area contributed by atoms with Gasteiger partial charge in [-0.2, -0.15) is 0 Å². The van der Waals surface area contributed by atoms with Crippen molar-refractivity contribution in [1.82, 2.24) is 5.32 Å². The Morgan fingerprint density at radius 2 is 0.886 bits per heavy atom. The lowest BCUT2D eigenvalue weighted by atomic mass is 10.0. The van der Waals surface area contributed by atoms with Gasteiger partial charge in [0.15, 0.2) is 0 Å². The van der Waals surface area contributed by atoms with E-state index in [9.17, 15) is 19.0 Å². The first-order chi connectivity index (χ1) is 33.9. The first-order valence-corrected chi connectivity index (χ1v) is 31.3. The molecule has 0 bridgehead atoms. The van der Waals surface area contributed by atoms with Crippen molar-refractivity contribution in [3.05, 3.63) is 36.5 Å². The predicted molar refractivity (Wildman–Crippen MR) is 300 cm³/mol. The van der Waals surface area contributed by atoms with E-state index in [1.54, 1.807) is 0 Å². The van der Waals surface area contributed by atoms with Crippen molar-refractivity contribution in [3.63, 3.8) is 0 Å². The molecule has 0 heterocycles. The zero-order valence-electron chi connectivity index (χ0n) is 47.0. The van der Waals surface area contributed by atoms with Gasteiger partial charge in [-0.1, -0.05) is 257 Å². The molecule has 0 aromatic carbocycles. The monoisotopic (exact) mass is 1010 g/mol. The van der Waals surface area contributed by atoms with Crippen molar-refractivity contribution in [3.8, 4) is 0 Å². The number of esters is 1. The summed E-state index contributed by atoms with van der Waals surface area (Å²) in [4.78, 5) is 37.5. The molecule has 0 aliphatic heterocycles. The van der Waals surface area contributed by atoms with Crippen molar-refractivity contribution in [2.45, 2.75) is 296 Å². The van der Waals surface area contributed by atoms with E-state index >= 15 is 0 Å². The van der Waals surface area contributed by atoms with Crippen LogP contribution >= 0.6 is 7.82 Å². The third-order valence-electron chi connectivity index (χ3n) is 13.3. The summed E-state index contributed by atoms with van der Waals surface area (Å²) in [5.41, 5.74) is 0. The SMILES string of the molecule is CCCCCCCC/C=C\C/C=C/CCC(=O)OC(/C=C/CCCCCCCCCCCC)C(COP(=O)(O)OCC[N+](C)(C)C)NC(=O)CCCCCCCCCCCCCCCCCCCCC. The van der Waals surface area contributed by atoms with Gasteiger partial charge in [-0.25, -0.2) is 4.57 Å². The van der Waals surface area contributed by atoms with Gasteiger partial charge >= 0.3 is 13.8 Å². The minimum atomic E-state index is -4.45. The average Bonchev–Trinajstić information content (AvgIpc) is 3.32. The topological polar surface area (TPSA) is 111 Å². The van der Waals surface area contributed by atoms with Crippen LogP contribution in [0.3, 0.4) is 0 Å². The van der Waals surface area contributed by atoms with E-state index in [2.05, 4.69) is 44.3 Å². The second-order valence-corrected chi connectivity index (χ2v) is 23.0. The lowest BCUT2D eigenvalue weighted by molar-refractivity contribution is -0.870. The van der Waals surface area contributed by atoms with Crippen molar-refractivity contribution < 1.29 is 37.3 Å². The molecule has 0 aromatic rings. The van der Waals surface area contributed by atoms with E-state index in [0.29, 0.717) is 23.9 Å². The Morgan fingerprint density at radius 1 is 0.500 bits per heavy atom. The van der Waals surface area contributed by atoms with Crippen LogP contribution < -0.4 is 5.32 Å². The van der Waals surface area contributed by atoms with Gasteiger partial charge in [0.2, 0.25) is 5.91 Å². The van der Waals surface area contributed by atoms with Gasteiger partial charge in [0.25, 0.3) is 0 Å². The highest BCUT2D eigenvalue weighted by atomic mass is 31.2. The maximum atomic E-state index is 13.5. The molecule has 0 aromatic heterocycles. The highest BCUT2D eigenvalue weighted by Crippen LogP contribution is 2.43. The Morgan fingerprint density at radius 3 is 1.31 bits per heavy atom. The molecule has 3 unspecified atom stereocenters. The zero-order chi connectivity index (χ0) is 51.5. The molecule has 0 aliphatic carbocycles. The van der Waals surface area contributed by atoms with Crippen molar-refractivity contribution in [2.75, 3.05) is 40.9 Å². The molecule has 1 amide bonds. The van der Waals surface area contributed by atoms with Crippen LogP contribution in [0, 0.1) is 0 Å². The van der Waals surface area contributed by atoms with Gasteiger partial charge in [0.05, 0.1) is 33.8 Å². The van der Waals surface area contributed by atoms with Crippen LogP contribution in [-0.2, 0) is 27.9 Å². The number of carbonyl (C=O) groups excluding carboxylic acids is 2. The number of hydrogen-bond acceptors (Lipinski definition) is 6. The molecule has 3 atom stereocenters. The third-order valence-corrected chi connectivity index (χ3v) is 14.3. The Hall–Kier alpha value is -1.77. The number of carbonyl (C=O) groups is 2. The van der Waals surface area contributed by atoms with Crippen LogP contribution in [0.25, 0.3) is 0 Å². The summed E-state index contributed by atoms with van der Waals surface area (Å²) in [5.74, 6) is -0.572. The predicted octanol–water partition coefficient (Wildman–Crippen LogP) is 17.9. The maximum absolute atomic E-state index is 13.5. The van der Waals surface area contributed by atoms with Crippen LogP contribution in [0.2, 0.25) is 0 Å².